The monoisotopic (exact) mass is 459 g/mol. The van der Waals surface area contributed by atoms with Crippen molar-refractivity contribution in [2.45, 2.75) is 32.2 Å². The molecule has 32 heavy (non-hydrogen) atoms. The molecule has 1 aliphatic heterocycles. The van der Waals surface area contributed by atoms with Gasteiger partial charge in [-0.1, -0.05) is 18.6 Å². The van der Waals surface area contributed by atoms with Gasteiger partial charge in [-0.2, -0.15) is 11.8 Å². The number of piperidine rings is 1. The maximum atomic E-state index is 11.9. The Morgan fingerprint density at radius 1 is 1.06 bits per heavy atom. The lowest BCUT2D eigenvalue weighted by molar-refractivity contribution is -0.118. The van der Waals surface area contributed by atoms with Gasteiger partial charge >= 0.3 is 0 Å². The molecular weight excluding hydrogens is 426 g/mol. The first-order valence-corrected chi connectivity index (χ1v) is 12.5. The summed E-state index contributed by atoms with van der Waals surface area (Å²) in [6.45, 7) is 4.99. The van der Waals surface area contributed by atoms with Crippen LogP contribution in [0, 0.1) is 0 Å². The second-order valence-electron chi connectivity index (χ2n) is 7.82. The van der Waals surface area contributed by atoms with Crippen molar-refractivity contribution >= 4 is 23.6 Å². The van der Waals surface area contributed by atoms with E-state index in [1.807, 2.05) is 12.1 Å². The third-order valence-electron chi connectivity index (χ3n) is 5.18. The highest BCUT2D eigenvalue weighted by atomic mass is 32.2. The minimum absolute atomic E-state index is 0.00381. The lowest BCUT2D eigenvalue weighted by Gasteiger charge is -2.26. The van der Waals surface area contributed by atoms with E-state index in [1.165, 1.54) is 55.9 Å². The first kappa shape index (κ1) is 24.2. The van der Waals surface area contributed by atoms with Crippen molar-refractivity contribution < 1.29 is 18.7 Å². The van der Waals surface area contributed by atoms with Gasteiger partial charge in [0.2, 0.25) is 5.91 Å². The highest BCUT2D eigenvalue weighted by Gasteiger charge is 2.11. The van der Waals surface area contributed by atoms with Gasteiger partial charge in [-0.15, -0.1) is 0 Å². The third kappa shape index (κ3) is 8.96. The first-order valence-electron chi connectivity index (χ1n) is 11.3. The van der Waals surface area contributed by atoms with E-state index in [-0.39, 0.29) is 11.8 Å². The molecule has 1 aliphatic rings. The fraction of sp³-hybridized carbons (Fsp3) is 0.500. The molecule has 2 amide bonds. The van der Waals surface area contributed by atoms with Crippen LogP contribution in [-0.4, -0.2) is 61.0 Å². The number of hydrogen-bond donors (Lipinski definition) is 2. The molecule has 0 aliphatic carbocycles. The van der Waals surface area contributed by atoms with Crippen molar-refractivity contribution in [3.63, 3.8) is 0 Å². The highest BCUT2D eigenvalue weighted by Crippen LogP contribution is 2.17. The maximum absolute atomic E-state index is 11.9. The molecule has 1 saturated heterocycles. The largest absolute Gasteiger partial charge is 0.494 e. The smallest absolute Gasteiger partial charge is 0.287 e. The number of nitrogens with zero attached hydrogens (tertiary/aromatic N) is 1. The summed E-state index contributed by atoms with van der Waals surface area (Å²) >= 11 is 1.48. The van der Waals surface area contributed by atoms with E-state index < -0.39 is 0 Å². The molecule has 1 fully saturated rings. The molecule has 0 atom stereocenters. The number of furan rings is 1. The number of ether oxygens (including phenoxy) is 1. The first-order chi connectivity index (χ1) is 15.7. The molecule has 7 nitrogen and oxygen atoms in total. The quantitative estimate of drug-likeness (QED) is 0.447. The summed E-state index contributed by atoms with van der Waals surface area (Å²) in [6, 6.07) is 11.6. The van der Waals surface area contributed by atoms with Crippen LogP contribution < -0.4 is 15.4 Å². The number of hydrogen-bond acceptors (Lipinski definition) is 6. The Hall–Kier alpha value is -2.45. The average molecular weight is 460 g/mol. The Kier molecular flexibility index (Phi) is 10.5. The number of benzene rings is 1. The summed E-state index contributed by atoms with van der Waals surface area (Å²) in [4.78, 5) is 26.1. The number of thioether (sulfide) groups is 1. The molecule has 2 heterocycles. The van der Waals surface area contributed by atoms with E-state index in [4.69, 9.17) is 9.15 Å². The molecule has 1 aromatic heterocycles. The van der Waals surface area contributed by atoms with Gasteiger partial charge in [0.1, 0.15) is 5.75 Å². The zero-order chi connectivity index (χ0) is 22.4. The van der Waals surface area contributed by atoms with E-state index in [2.05, 4.69) is 27.7 Å². The molecule has 174 valence electrons. The van der Waals surface area contributed by atoms with Crippen LogP contribution in [0.5, 0.6) is 5.75 Å². The predicted molar refractivity (Wildman–Crippen MR) is 127 cm³/mol. The molecule has 1 aromatic carbocycles. The summed E-state index contributed by atoms with van der Waals surface area (Å²) in [5.74, 6) is 1.97. The Bertz CT molecular complexity index is 822. The van der Waals surface area contributed by atoms with Gasteiger partial charge < -0.3 is 19.8 Å². The van der Waals surface area contributed by atoms with E-state index in [9.17, 15) is 9.59 Å². The van der Waals surface area contributed by atoms with Gasteiger partial charge in [0.15, 0.2) is 5.76 Å². The molecule has 0 radical (unpaired) electrons. The van der Waals surface area contributed by atoms with Gasteiger partial charge in [-0.05, 0) is 62.2 Å². The van der Waals surface area contributed by atoms with Crippen molar-refractivity contribution in [3.05, 3.63) is 54.0 Å². The van der Waals surface area contributed by atoms with Gasteiger partial charge in [0.05, 0.1) is 18.6 Å². The van der Waals surface area contributed by atoms with Crippen LogP contribution >= 0.6 is 11.8 Å². The lowest BCUT2D eigenvalue weighted by Crippen LogP contribution is -2.29. The van der Waals surface area contributed by atoms with Crippen LogP contribution in [0.25, 0.3) is 0 Å². The summed E-state index contributed by atoms with van der Waals surface area (Å²) in [5, 5.41) is 5.66. The average Bonchev–Trinajstić information content (AvgIpc) is 3.35. The number of rotatable bonds is 13. The molecule has 0 spiro atoms. The molecule has 2 aromatic rings. The zero-order valence-corrected chi connectivity index (χ0v) is 19.3. The second kappa shape index (κ2) is 13.9. The van der Waals surface area contributed by atoms with Crippen molar-refractivity contribution in [2.75, 3.05) is 44.3 Å². The Morgan fingerprint density at radius 2 is 1.94 bits per heavy atom. The Balaban J connectivity index is 1.20. The van der Waals surface area contributed by atoms with Gasteiger partial charge in [0.25, 0.3) is 5.91 Å². The highest BCUT2D eigenvalue weighted by molar-refractivity contribution is 7.99. The van der Waals surface area contributed by atoms with Crippen LogP contribution in [0.4, 0.5) is 0 Å². The SMILES string of the molecule is O=C(CSCCNC(=O)c1ccco1)NCCCOc1cccc(CN2CCCCC2)c1. The summed E-state index contributed by atoms with van der Waals surface area (Å²) < 4.78 is 10.9. The number of likely N-dealkylation sites (tertiary alicyclic amines) is 1. The van der Waals surface area contributed by atoms with Crippen molar-refractivity contribution in [1.29, 1.82) is 0 Å². The number of carbonyl (C=O) groups excluding carboxylic acids is 2. The van der Waals surface area contributed by atoms with Crippen LogP contribution in [0.1, 0.15) is 41.8 Å². The van der Waals surface area contributed by atoms with Crippen molar-refractivity contribution in [2.24, 2.45) is 0 Å². The van der Waals surface area contributed by atoms with Crippen molar-refractivity contribution in [1.82, 2.24) is 15.5 Å². The molecular formula is C24H33N3O4S. The van der Waals surface area contributed by atoms with Crippen LogP contribution in [0.2, 0.25) is 0 Å². The van der Waals surface area contributed by atoms with Crippen LogP contribution in [-0.2, 0) is 11.3 Å². The molecule has 3 rings (SSSR count). The van der Waals surface area contributed by atoms with E-state index in [0.29, 0.717) is 37.0 Å². The summed E-state index contributed by atoms with van der Waals surface area (Å²) in [5.41, 5.74) is 1.29. The van der Waals surface area contributed by atoms with Gasteiger partial charge in [0, 0.05) is 25.4 Å². The van der Waals surface area contributed by atoms with E-state index in [1.54, 1.807) is 12.1 Å². The number of nitrogens with one attached hydrogen (secondary N) is 2. The molecule has 2 N–H and O–H groups in total. The van der Waals surface area contributed by atoms with Crippen LogP contribution in [0.15, 0.2) is 47.1 Å². The number of amides is 2. The second-order valence-corrected chi connectivity index (χ2v) is 8.93. The number of carbonyl (C=O) groups is 2. The Labute approximate surface area is 194 Å². The standard InChI is InChI=1S/C24H33N3O4S/c28-23(19-32-16-11-26-24(29)22-9-5-14-31-22)25-10-6-15-30-21-8-4-7-20(17-21)18-27-12-2-1-3-13-27/h4-5,7-9,14,17H,1-3,6,10-13,15-16,18-19H2,(H,25,28)(H,26,29). The summed E-state index contributed by atoms with van der Waals surface area (Å²) in [6.07, 6.45) is 6.16. The minimum atomic E-state index is -0.239. The lowest BCUT2D eigenvalue weighted by atomic mass is 10.1. The van der Waals surface area contributed by atoms with Crippen LogP contribution in [0.3, 0.4) is 0 Å². The normalized spacial score (nSPS) is 14.1. The summed E-state index contributed by atoms with van der Waals surface area (Å²) in [7, 11) is 0. The van der Waals surface area contributed by atoms with E-state index in [0.717, 1.165) is 18.7 Å². The topological polar surface area (TPSA) is 83.8 Å². The minimum Gasteiger partial charge on any atom is -0.494 e. The predicted octanol–water partition coefficient (Wildman–Crippen LogP) is 3.31. The maximum Gasteiger partial charge on any atom is 0.287 e. The van der Waals surface area contributed by atoms with Crippen molar-refractivity contribution in [3.8, 4) is 5.75 Å². The molecule has 0 bridgehead atoms. The fourth-order valence-corrected chi connectivity index (χ4v) is 4.23. The molecule has 0 saturated carbocycles. The molecule has 0 unspecified atom stereocenters. The molecule has 8 heteroatoms. The zero-order valence-electron chi connectivity index (χ0n) is 18.5. The Morgan fingerprint density at radius 3 is 2.75 bits per heavy atom. The fourth-order valence-electron chi connectivity index (χ4n) is 3.55. The van der Waals surface area contributed by atoms with Gasteiger partial charge in [-0.3, -0.25) is 14.5 Å². The van der Waals surface area contributed by atoms with E-state index >= 15 is 0 Å². The third-order valence-corrected chi connectivity index (χ3v) is 6.13. The van der Waals surface area contributed by atoms with Gasteiger partial charge in [-0.25, -0.2) is 0 Å².